The van der Waals surface area contributed by atoms with Gasteiger partial charge in [0.15, 0.2) is 0 Å². The Labute approximate surface area is 72.7 Å². The van der Waals surface area contributed by atoms with Crippen LogP contribution in [0.3, 0.4) is 0 Å². The molecule has 0 bridgehead atoms. The van der Waals surface area contributed by atoms with Crippen LogP contribution in [-0.2, 0) is 30.8 Å². The van der Waals surface area contributed by atoms with Crippen molar-refractivity contribution in [3.05, 3.63) is 0 Å². The third kappa shape index (κ3) is 223. The Balaban J connectivity index is -0.0000000910. The van der Waals surface area contributed by atoms with E-state index < -0.39 is 10.4 Å². The van der Waals surface area contributed by atoms with Gasteiger partial charge in [-0.3, -0.25) is 8.42 Å². The van der Waals surface area contributed by atoms with Crippen molar-refractivity contribution in [3.8, 4) is 0 Å². The summed E-state index contributed by atoms with van der Waals surface area (Å²) in [4.78, 5) is 0. The van der Waals surface area contributed by atoms with Crippen molar-refractivity contribution >= 4 is 10.4 Å². The first-order chi connectivity index (χ1) is 3.91. The molecular formula is C2H7NO5PdS. The average Bonchev–Trinajstić information content (AvgIpc) is 1.61. The quantitative estimate of drug-likeness (QED) is 0.308. The predicted octanol–water partition coefficient (Wildman–Crippen LogP) is -2.40. The minimum Gasteiger partial charge on any atom is -0.759 e. The smallest absolute Gasteiger partial charge is 0.759 e. The van der Waals surface area contributed by atoms with Crippen LogP contribution >= 0.6 is 0 Å². The van der Waals surface area contributed by atoms with Crippen molar-refractivity contribution in [3.63, 3.8) is 0 Å². The van der Waals surface area contributed by atoms with Crippen LogP contribution in [0.15, 0.2) is 0 Å². The molecule has 66 valence electrons. The summed E-state index contributed by atoms with van der Waals surface area (Å²) in [6.45, 7) is 0.472. The molecule has 0 rings (SSSR count). The van der Waals surface area contributed by atoms with Crippen LogP contribution in [0.25, 0.3) is 0 Å². The molecule has 8 heteroatoms. The van der Waals surface area contributed by atoms with E-state index in [0.717, 1.165) is 0 Å². The number of rotatable bonds is 1. The van der Waals surface area contributed by atoms with Crippen molar-refractivity contribution in [2.24, 2.45) is 5.73 Å². The maximum atomic E-state index is 8.52. The molecule has 0 fully saturated rings. The van der Waals surface area contributed by atoms with Crippen molar-refractivity contribution in [1.29, 1.82) is 0 Å². The number of hydrogen-bond acceptors (Lipinski definition) is 6. The Bertz CT molecular complexity index is 123. The zero-order chi connectivity index (χ0) is 7.91. The summed E-state index contributed by atoms with van der Waals surface area (Å²) in [5, 5.41) is 7.75. The molecule has 0 aromatic rings. The van der Waals surface area contributed by atoms with E-state index in [4.69, 9.17) is 28.4 Å². The van der Waals surface area contributed by atoms with Crippen LogP contribution < -0.4 is 5.73 Å². The van der Waals surface area contributed by atoms with E-state index in [9.17, 15) is 0 Å². The van der Waals surface area contributed by atoms with Gasteiger partial charge < -0.3 is 19.9 Å². The van der Waals surface area contributed by atoms with Gasteiger partial charge in [0.25, 0.3) is 0 Å². The number of aliphatic hydroxyl groups is 1. The van der Waals surface area contributed by atoms with Crippen LogP contribution in [0.2, 0.25) is 0 Å². The maximum Gasteiger partial charge on any atom is 2.00 e. The van der Waals surface area contributed by atoms with E-state index in [2.05, 4.69) is 0 Å². The standard InChI is InChI=1S/C2H7NO.H2O4S.Pd/c3-1-2-4;1-5(2,3)4;/h4H,1-3H2;(H2,1,2,3,4);/q;;+2/p-2. The molecule has 0 aliphatic carbocycles. The fourth-order valence-electron chi connectivity index (χ4n) is 0. The molecular weight excluding hydrogens is 257 g/mol. The third-order valence-corrected chi connectivity index (χ3v) is 0.129. The molecule has 6 nitrogen and oxygen atoms in total. The Hall–Kier alpha value is 0.452. The van der Waals surface area contributed by atoms with Gasteiger partial charge in [-0.2, -0.15) is 0 Å². The van der Waals surface area contributed by atoms with Crippen LogP contribution in [0.5, 0.6) is 0 Å². The van der Waals surface area contributed by atoms with Gasteiger partial charge in [-0.05, 0) is 0 Å². The van der Waals surface area contributed by atoms with Crippen molar-refractivity contribution in [2.45, 2.75) is 0 Å². The molecule has 0 spiro atoms. The zero-order valence-corrected chi connectivity index (χ0v) is 7.17. The molecule has 0 heterocycles. The third-order valence-electron chi connectivity index (χ3n) is 0.129. The second kappa shape index (κ2) is 9.45. The summed E-state index contributed by atoms with van der Waals surface area (Å²) >= 11 is 0. The summed E-state index contributed by atoms with van der Waals surface area (Å²) in [6, 6.07) is 0. The summed E-state index contributed by atoms with van der Waals surface area (Å²) in [7, 11) is -5.17. The number of nitrogens with two attached hydrogens (primary N) is 1. The largest absolute Gasteiger partial charge is 2.00 e. The van der Waals surface area contributed by atoms with Crippen LogP contribution in [-0.4, -0.2) is 35.8 Å². The van der Waals surface area contributed by atoms with Crippen molar-refractivity contribution in [1.82, 2.24) is 0 Å². The summed E-state index contributed by atoms with van der Waals surface area (Å²) in [5.41, 5.74) is 4.78. The van der Waals surface area contributed by atoms with Gasteiger partial charge in [-0.1, -0.05) is 0 Å². The molecule has 0 aliphatic rings. The van der Waals surface area contributed by atoms with E-state index in [1.807, 2.05) is 0 Å². The Morgan fingerprint density at radius 3 is 1.50 bits per heavy atom. The second-order valence-electron chi connectivity index (χ2n) is 0.921. The summed E-state index contributed by atoms with van der Waals surface area (Å²) < 4.78 is 34.1. The zero-order valence-electron chi connectivity index (χ0n) is 4.80. The van der Waals surface area contributed by atoms with Gasteiger partial charge >= 0.3 is 20.4 Å². The Morgan fingerprint density at radius 1 is 1.40 bits per heavy atom. The average molecular weight is 264 g/mol. The minimum absolute atomic E-state index is 0. The molecule has 0 unspecified atom stereocenters. The monoisotopic (exact) mass is 263 g/mol. The SMILES string of the molecule is NCCO.O=S(=O)([O-])[O-].[Pd+2]. The summed E-state index contributed by atoms with van der Waals surface area (Å²) in [6.07, 6.45) is 0. The molecule has 0 aromatic carbocycles. The topological polar surface area (TPSA) is 127 Å². The fraction of sp³-hybridized carbons (Fsp3) is 1.00. The van der Waals surface area contributed by atoms with Gasteiger partial charge in [-0.15, -0.1) is 0 Å². The van der Waals surface area contributed by atoms with Crippen LogP contribution in [0.1, 0.15) is 0 Å². The van der Waals surface area contributed by atoms with E-state index in [1.54, 1.807) is 0 Å². The van der Waals surface area contributed by atoms with Crippen LogP contribution in [0.4, 0.5) is 0 Å². The summed E-state index contributed by atoms with van der Waals surface area (Å²) in [5.74, 6) is 0. The molecule has 0 radical (unpaired) electrons. The molecule has 0 atom stereocenters. The van der Waals surface area contributed by atoms with Crippen molar-refractivity contribution < 1.29 is 43.1 Å². The van der Waals surface area contributed by atoms with Crippen LogP contribution in [0, 0.1) is 0 Å². The van der Waals surface area contributed by atoms with E-state index in [-0.39, 0.29) is 27.0 Å². The van der Waals surface area contributed by atoms with E-state index in [0.29, 0.717) is 6.54 Å². The molecule has 0 aliphatic heterocycles. The second-order valence-corrected chi connectivity index (χ2v) is 1.74. The van der Waals surface area contributed by atoms with Gasteiger partial charge in [0.1, 0.15) is 0 Å². The molecule has 0 amide bonds. The Morgan fingerprint density at radius 2 is 1.50 bits per heavy atom. The first-order valence-corrected chi connectivity index (χ1v) is 3.22. The molecule has 3 N–H and O–H groups in total. The van der Waals surface area contributed by atoms with E-state index in [1.165, 1.54) is 0 Å². The molecule has 0 saturated carbocycles. The first-order valence-electron chi connectivity index (χ1n) is 1.89. The first kappa shape index (κ1) is 16.8. The number of hydrogen-bond donors (Lipinski definition) is 2. The predicted molar refractivity (Wildman–Crippen MR) is 26.6 cm³/mol. The van der Waals surface area contributed by atoms with Gasteiger partial charge in [0, 0.05) is 16.9 Å². The normalized spacial score (nSPS) is 8.80. The van der Waals surface area contributed by atoms with Crippen molar-refractivity contribution in [2.75, 3.05) is 13.2 Å². The number of aliphatic hydroxyl groups excluding tert-OH is 1. The molecule has 10 heavy (non-hydrogen) atoms. The van der Waals surface area contributed by atoms with Gasteiger partial charge in [0.05, 0.1) is 6.61 Å². The molecule has 0 saturated heterocycles. The minimum atomic E-state index is -5.17. The van der Waals surface area contributed by atoms with Gasteiger partial charge in [0.2, 0.25) is 0 Å². The van der Waals surface area contributed by atoms with E-state index >= 15 is 0 Å². The molecule has 0 aromatic heterocycles. The Kier molecular flexibility index (Phi) is 15.9. The van der Waals surface area contributed by atoms with Gasteiger partial charge in [-0.25, -0.2) is 0 Å². The fourth-order valence-corrected chi connectivity index (χ4v) is 0. The maximum absolute atomic E-state index is 8.52.